The average molecular weight is 246 g/mol. The molecule has 0 radical (unpaired) electrons. The predicted molar refractivity (Wildman–Crippen MR) is 71.5 cm³/mol. The van der Waals surface area contributed by atoms with Crippen molar-refractivity contribution in [3.05, 3.63) is 35.4 Å². The molecule has 0 aromatic heterocycles. The molecule has 0 saturated carbocycles. The largest absolute Gasteiger partial charge is 0.337 e. The predicted octanol–water partition coefficient (Wildman–Crippen LogP) is 1.20. The van der Waals surface area contributed by atoms with Crippen molar-refractivity contribution in [3.63, 3.8) is 0 Å². The van der Waals surface area contributed by atoms with E-state index in [1.165, 1.54) is 5.56 Å². The molecule has 1 heterocycles. The summed E-state index contributed by atoms with van der Waals surface area (Å²) in [5, 5.41) is 2.73. The molecular formula is C13H18N4O. The van der Waals surface area contributed by atoms with Crippen molar-refractivity contribution in [2.45, 2.75) is 19.8 Å². The number of rotatable bonds is 2. The summed E-state index contributed by atoms with van der Waals surface area (Å²) in [5.41, 5.74) is 7.78. The number of fused-ring (bicyclic) bond motifs is 1. The Morgan fingerprint density at radius 2 is 2.22 bits per heavy atom. The van der Waals surface area contributed by atoms with E-state index in [1.54, 1.807) is 0 Å². The number of amides is 2. The highest BCUT2D eigenvalue weighted by Gasteiger charge is 2.13. The van der Waals surface area contributed by atoms with Crippen LogP contribution in [0.3, 0.4) is 0 Å². The molecule has 0 spiro atoms. The van der Waals surface area contributed by atoms with E-state index in [-0.39, 0.29) is 6.03 Å². The van der Waals surface area contributed by atoms with Crippen molar-refractivity contribution in [2.24, 2.45) is 4.99 Å². The SMILES string of the molecule is CCCNC(=O)NNC1=NCCc2ccccc21. The zero-order valence-corrected chi connectivity index (χ0v) is 10.5. The molecule has 1 aromatic carbocycles. The van der Waals surface area contributed by atoms with Crippen molar-refractivity contribution < 1.29 is 4.79 Å². The molecule has 0 atom stereocenters. The molecule has 0 aliphatic carbocycles. The standard InChI is InChI=1S/C13H18N4O/c1-2-8-15-13(18)17-16-12-11-6-4-3-5-10(11)7-9-14-12/h3-6H,2,7-9H2,1H3,(H,14,16)(H2,15,17,18). The van der Waals surface area contributed by atoms with Gasteiger partial charge in [-0.2, -0.15) is 0 Å². The summed E-state index contributed by atoms with van der Waals surface area (Å²) in [6, 6.07) is 7.85. The van der Waals surface area contributed by atoms with Gasteiger partial charge in [0, 0.05) is 18.7 Å². The first-order valence-corrected chi connectivity index (χ1v) is 6.24. The van der Waals surface area contributed by atoms with Crippen LogP contribution in [0.15, 0.2) is 29.3 Å². The first kappa shape index (κ1) is 12.4. The van der Waals surface area contributed by atoms with Gasteiger partial charge in [0.15, 0.2) is 0 Å². The van der Waals surface area contributed by atoms with Crippen LogP contribution in [-0.4, -0.2) is 25.0 Å². The lowest BCUT2D eigenvalue weighted by atomic mass is 10.0. The number of hydrogen-bond acceptors (Lipinski definition) is 3. The van der Waals surface area contributed by atoms with Gasteiger partial charge in [0.05, 0.1) is 0 Å². The van der Waals surface area contributed by atoms with Crippen LogP contribution in [0, 0.1) is 0 Å². The minimum absolute atomic E-state index is 0.234. The molecule has 5 nitrogen and oxygen atoms in total. The number of hydrogen-bond donors (Lipinski definition) is 3. The normalized spacial score (nSPS) is 13.3. The maximum Gasteiger partial charge on any atom is 0.333 e. The molecule has 5 heteroatoms. The molecule has 2 amide bonds. The van der Waals surface area contributed by atoms with E-state index in [9.17, 15) is 4.79 Å². The Hall–Kier alpha value is -2.04. The van der Waals surface area contributed by atoms with Crippen molar-refractivity contribution in [2.75, 3.05) is 13.1 Å². The molecule has 18 heavy (non-hydrogen) atoms. The van der Waals surface area contributed by atoms with Gasteiger partial charge >= 0.3 is 6.03 Å². The van der Waals surface area contributed by atoms with Crippen LogP contribution in [-0.2, 0) is 6.42 Å². The lowest BCUT2D eigenvalue weighted by Crippen LogP contribution is -2.48. The van der Waals surface area contributed by atoms with Crippen LogP contribution in [0.4, 0.5) is 4.79 Å². The van der Waals surface area contributed by atoms with Gasteiger partial charge in [0.25, 0.3) is 0 Å². The van der Waals surface area contributed by atoms with E-state index in [1.807, 2.05) is 25.1 Å². The van der Waals surface area contributed by atoms with Crippen LogP contribution in [0.25, 0.3) is 0 Å². The number of benzene rings is 1. The molecule has 0 fully saturated rings. The highest BCUT2D eigenvalue weighted by Crippen LogP contribution is 2.13. The van der Waals surface area contributed by atoms with Gasteiger partial charge in [-0.15, -0.1) is 0 Å². The summed E-state index contributed by atoms with van der Waals surface area (Å²) in [6.45, 7) is 3.42. The third-order valence-electron chi connectivity index (χ3n) is 2.75. The summed E-state index contributed by atoms with van der Waals surface area (Å²) in [6.07, 6.45) is 1.86. The van der Waals surface area contributed by atoms with Crippen LogP contribution in [0.5, 0.6) is 0 Å². The van der Waals surface area contributed by atoms with Gasteiger partial charge in [-0.3, -0.25) is 15.8 Å². The van der Waals surface area contributed by atoms with Crippen LogP contribution in [0.1, 0.15) is 24.5 Å². The summed E-state index contributed by atoms with van der Waals surface area (Å²) in [5.74, 6) is 0.725. The average Bonchev–Trinajstić information content (AvgIpc) is 2.42. The topological polar surface area (TPSA) is 65.5 Å². The van der Waals surface area contributed by atoms with E-state index in [0.717, 1.165) is 30.8 Å². The highest BCUT2D eigenvalue weighted by atomic mass is 16.2. The Morgan fingerprint density at radius 1 is 1.39 bits per heavy atom. The number of nitrogens with one attached hydrogen (secondary N) is 3. The second-order valence-corrected chi connectivity index (χ2v) is 4.14. The molecule has 2 rings (SSSR count). The summed E-state index contributed by atoms with van der Waals surface area (Å²) >= 11 is 0. The summed E-state index contributed by atoms with van der Waals surface area (Å²) in [7, 11) is 0. The Balaban J connectivity index is 1.94. The van der Waals surface area contributed by atoms with Gasteiger partial charge < -0.3 is 5.32 Å². The molecule has 0 unspecified atom stereocenters. The third kappa shape index (κ3) is 3.00. The van der Waals surface area contributed by atoms with E-state index in [0.29, 0.717) is 6.54 Å². The molecule has 1 aliphatic heterocycles. The van der Waals surface area contributed by atoms with E-state index in [4.69, 9.17) is 0 Å². The molecular weight excluding hydrogens is 228 g/mol. The number of carbonyl (C=O) groups excluding carboxylic acids is 1. The minimum Gasteiger partial charge on any atom is -0.337 e. The third-order valence-corrected chi connectivity index (χ3v) is 2.75. The summed E-state index contributed by atoms with van der Waals surface area (Å²) < 4.78 is 0. The van der Waals surface area contributed by atoms with E-state index < -0.39 is 0 Å². The highest BCUT2D eigenvalue weighted by molar-refractivity contribution is 6.01. The van der Waals surface area contributed by atoms with Crippen LogP contribution >= 0.6 is 0 Å². The van der Waals surface area contributed by atoms with E-state index in [2.05, 4.69) is 27.2 Å². The van der Waals surface area contributed by atoms with E-state index >= 15 is 0 Å². The molecule has 3 N–H and O–H groups in total. The zero-order valence-electron chi connectivity index (χ0n) is 10.5. The number of urea groups is 1. The molecule has 0 saturated heterocycles. The number of aliphatic imine (C=N–C) groups is 1. The molecule has 96 valence electrons. The number of hydrazine groups is 1. The monoisotopic (exact) mass is 246 g/mol. The zero-order chi connectivity index (χ0) is 12.8. The fourth-order valence-corrected chi connectivity index (χ4v) is 1.85. The van der Waals surface area contributed by atoms with Gasteiger partial charge in [0.1, 0.15) is 5.84 Å². The van der Waals surface area contributed by atoms with Crippen LogP contribution in [0.2, 0.25) is 0 Å². The maximum absolute atomic E-state index is 11.4. The first-order chi connectivity index (χ1) is 8.81. The molecule has 1 aliphatic rings. The number of nitrogens with zero attached hydrogens (tertiary/aromatic N) is 1. The van der Waals surface area contributed by atoms with Crippen molar-refractivity contribution in [1.82, 2.24) is 16.2 Å². The lowest BCUT2D eigenvalue weighted by Gasteiger charge is -2.18. The Morgan fingerprint density at radius 3 is 3.06 bits per heavy atom. The maximum atomic E-state index is 11.4. The summed E-state index contributed by atoms with van der Waals surface area (Å²) in [4.78, 5) is 15.8. The van der Waals surface area contributed by atoms with Gasteiger partial charge in [-0.25, -0.2) is 4.79 Å². The first-order valence-electron chi connectivity index (χ1n) is 6.24. The minimum atomic E-state index is -0.234. The Labute approximate surface area is 107 Å². The van der Waals surface area contributed by atoms with Crippen LogP contribution < -0.4 is 16.2 Å². The Kier molecular flexibility index (Phi) is 4.17. The molecule has 1 aromatic rings. The van der Waals surface area contributed by atoms with Gasteiger partial charge in [-0.1, -0.05) is 31.2 Å². The number of amidine groups is 1. The van der Waals surface area contributed by atoms with Crippen molar-refractivity contribution >= 4 is 11.9 Å². The van der Waals surface area contributed by atoms with Crippen molar-refractivity contribution in [3.8, 4) is 0 Å². The quantitative estimate of drug-likeness (QED) is 0.687. The van der Waals surface area contributed by atoms with Crippen molar-refractivity contribution in [1.29, 1.82) is 0 Å². The fourth-order valence-electron chi connectivity index (χ4n) is 1.85. The second-order valence-electron chi connectivity index (χ2n) is 4.14. The second kappa shape index (κ2) is 6.05. The van der Waals surface area contributed by atoms with Gasteiger partial charge in [0.2, 0.25) is 0 Å². The smallest absolute Gasteiger partial charge is 0.333 e. The molecule has 0 bridgehead atoms. The lowest BCUT2D eigenvalue weighted by molar-refractivity contribution is 0.239. The van der Waals surface area contributed by atoms with Gasteiger partial charge in [-0.05, 0) is 18.4 Å². The fraction of sp³-hybridized carbons (Fsp3) is 0.385. The Bertz CT molecular complexity index is 456. The number of carbonyl (C=O) groups is 1.